The van der Waals surface area contributed by atoms with Crippen LogP contribution in [0, 0.1) is 6.92 Å². The maximum Gasteiger partial charge on any atom is 0.260 e. The average Bonchev–Trinajstić information content (AvgIpc) is 2.33. The Balaban J connectivity index is 2.24. The number of aromatic nitrogens is 1. The number of nitrogens with one attached hydrogen (secondary N) is 1. The van der Waals surface area contributed by atoms with E-state index in [0.29, 0.717) is 5.82 Å². The van der Waals surface area contributed by atoms with Crippen molar-refractivity contribution in [1.29, 1.82) is 0 Å². The SMILES string of the molecule is Cc1cc(Br)cnc1NC(=O)c1ccccc1O. The molecule has 0 spiro atoms. The molecule has 0 unspecified atom stereocenters. The summed E-state index contributed by atoms with van der Waals surface area (Å²) < 4.78 is 0.848. The Morgan fingerprint density at radius 1 is 1.39 bits per heavy atom. The Labute approximate surface area is 113 Å². The van der Waals surface area contributed by atoms with Gasteiger partial charge in [0.2, 0.25) is 0 Å². The van der Waals surface area contributed by atoms with E-state index in [2.05, 4.69) is 26.2 Å². The predicted molar refractivity (Wildman–Crippen MR) is 72.7 cm³/mol. The van der Waals surface area contributed by atoms with Gasteiger partial charge < -0.3 is 10.4 Å². The lowest BCUT2D eigenvalue weighted by molar-refractivity contribution is 0.102. The molecule has 5 heteroatoms. The molecule has 0 fully saturated rings. The van der Waals surface area contributed by atoms with Gasteiger partial charge in [-0.3, -0.25) is 4.79 Å². The number of hydrogen-bond donors (Lipinski definition) is 2. The highest BCUT2D eigenvalue weighted by Crippen LogP contribution is 2.20. The second kappa shape index (κ2) is 5.18. The van der Waals surface area contributed by atoms with Crippen LogP contribution in [0.5, 0.6) is 5.75 Å². The van der Waals surface area contributed by atoms with Gasteiger partial charge in [0.25, 0.3) is 5.91 Å². The van der Waals surface area contributed by atoms with Crippen molar-refractivity contribution in [2.75, 3.05) is 5.32 Å². The van der Waals surface area contributed by atoms with E-state index in [0.717, 1.165) is 10.0 Å². The fraction of sp³-hybridized carbons (Fsp3) is 0.0769. The molecule has 0 atom stereocenters. The topological polar surface area (TPSA) is 62.2 Å². The molecule has 0 aliphatic heterocycles. The van der Waals surface area contributed by atoms with Crippen molar-refractivity contribution in [2.45, 2.75) is 6.92 Å². The first-order valence-electron chi connectivity index (χ1n) is 5.29. The van der Waals surface area contributed by atoms with Gasteiger partial charge in [0.05, 0.1) is 5.56 Å². The minimum atomic E-state index is -0.383. The highest BCUT2D eigenvalue weighted by Gasteiger charge is 2.12. The monoisotopic (exact) mass is 306 g/mol. The fourth-order valence-corrected chi connectivity index (χ4v) is 1.96. The zero-order chi connectivity index (χ0) is 13.1. The number of para-hydroxylation sites is 1. The minimum absolute atomic E-state index is 0.0511. The molecule has 1 aromatic carbocycles. The lowest BCUT2D eigenvalue weighted by Gasteiger charge is -2.08. The number of phenolic OH excluding ortho intramolecular Hbond substituents is 1. The first kappa shape index (κ1) is 12.6. The van der Waals surface area contributed by atoms with E-state index in [4.69, 9.17) is 0 Å². The number of aryl methyl sites for hydroxylation is 1. The molecule has 2 aromatic rings. The largest absolute Gasteiger partial charge is 0.507 e. The number of carbonyl (C=O) groups is 1. The first-order valence-corrected chi connectivity index (χ1v) is 6.08. The van der Waals surface area contributed by atoms with Gasteiger partial charge in [0.1, 0.15) is 11.6 Å². The summed E-state index contributed by atoms with van der Waals surface area (Å²) in [6.45, 7) is 1.85. The molecule has 0 saturated heterocycles. The van der Waals surface area contributed by atoms with Crippen LogP contribution in [0.2, 0.25) is 0 Å². The number of aromatic hydroxyl groups is 1. The van der Waals surface area contributed by atoms with Gasteiger partial charge in [-0.05, 0) is 46.6 Å². The average molecular weight is 307 g/mol. The molecule has 1 heterocycles. The van der Waals surface area contributed by atoms with Gasteiger partial charge in [-0.1, -0.05) is 12.1 Å². The fourth-order valence-electron chi connectivity index (χ4n) is 1.51. The van der Waals surface area contributed by atoms with Crippen molar-refractivity contribution < 1.29 is 9.90 Å². The van der Waals surface area contributed by atoms with Crippen molar-refractivity contribution >= 4 is 27.7 Å². The minimum Gasteiger partial charge on any atom is -0.507 e. The third kappa shape index (κ3) is 2.68. The van der Waals surface area contributed by atoms with Crippen molar-refractivity contribution in [3.05, 3.63) is 52.1 Å². The Hall–Kier alpha value is -1.88. The molecule has 1 aromatic heterocycles. The van der Waals surface area contributed by atoms with E-state index in [1.54, 1.807) is 24.4 Å². The van der Waals surface area contributed by atoms with Crippen molar-refractivity contribution in [2.24, 2.45) is 0 Å². The van der Waals surface area contributed by atoms with Gasteiger partial charge in [-0.25, -0.2) is 4.98 Å². The lowest BCUT2D eigenvalue weighted by atomic mass is 10.2. The van der Waals surface area contributed by atoms with Crippen LogP contribution in [-0.4, -0.2) is 16.0 Å². The number of amides is 1. The number of anilines is 1. The molecule has 0 bridgehead atoms. The smallest absolute Gasteiger partial charge is 0.260 e. The highest BCUT2D eigenvalue weighted by atomic mass is 79.9. The Morgan fingerprint density at radius 2 is 2.11 bits per heavy atom. The maximum absolute atomic E-state index is 11.9. The van der Waals surface area contributed by atoms with Crippen molar-refractivity contribution in [3.8, 4) is 5.75 Å². The zero-order valence-electron chi connectivity index (χ0n) is 9.64. The number of benzene rings is 1. The first-order chi connectivity index (χ1) is 8.58. The molecule has 0 radical (unpaired) electrons. The molecule has 92 valence electrons. The van der Waals surface area contributed by atoms with E-state index < -0.39 is 0 Å². The summed E-state index contributed by atoms with van der Waals surface area (Å²) in [5, 5.41) is 12.2. The number of rotatable bonds is 2. The Bertz CT molecular complexity index is 599. The van der Waals surface area contributed by atoms with Gasteiger partial charge in [0, 0.05) is 10.7 Å². The van der Waals surface area contributed by atoms with E-state index in [9.17, 15) is 9.90 Å². The molecular weight excluding hydrogens is 296 g/mol. The number of hydrogen-bond acceptors (Lipinski definition) is 3. The van der Waals surface area contributed by atoms with Crippen molar-refractivity contribution in [3.63, 3.8) is 0 Å². The second-order valence-corrected chi connectivity index (χ2v) is 4.71. The Kier molecular flexibility index (Phi) is 3.62. The molecule has 2 rings (SSSR count). The van der Waals surface area contributed by atoms with Crippen LogP contribution in [0.25, 0.3) is 0 Å². The molecule has 1 amide bonds. The summed E-state index contributed by atoms with van der Waals surface area (Å²) in [6.07, 6.45) is 1.60. The third-order valence-electron chi connectivity index (χ3n) is 2.43. The number of carbonyl (C=O) groups excluding carboxylic acids is 1. The van der Waals surface area contributed by atoms with Crippen molar-refractivity contribution in [1.82, 2.24) is 4.98 Å². The summed E-state index contributed by atoms with van der Waals surface area (Å²) in [7, 11) is 0. The molecule has 0 aliphatic rings. The van der Waals surface area contributed by atoms with Gasteiger partial charge in [-0.15, -0.1) is 0 Å². The molecule has 18 heavy (non-hydrogen) atoms. The van der Waals surface area contributed by atoms with E-state index in [1.165, 1.54) is 6.07 Å². The van der Waals surface area contributed by atoms with Crippen LogP contribution < -0.4 is 5.32 Å². The molecule has 4 nitrogen and oxygen atoms in total. The molecular formula is C13H11BrN2O2. The number of phenols is 1. The summed E-state index contributed by atoms with van der Waals surface area (Å²) in [4.78, 5) is 16.1. The van der Waals surface area contributed by atoms with E-state index in [-0.39, 0.29) is 17.2 Å². The number of pyridine rings is 1. The summed E-state index contributed by atoms with van der Waals surface area (Å²) in [5.74, 6) is 0.0437. The van der Waals surface area contributed by atoms with Crippen LogP contribution in [0.1, 0.15) is 15.9 Å². The standard InChI is InChI=1S/C13H11BrN2O2/c1-8-6-9(14)7-15-12(8)16-13(18)10-4-2-3-5-11(10)17/h2-7,17H,1H3,(H,15,16,18). The molecule has 0 aliphatic carbocycles. The highest BCUT2D eigenvalue weighted by molar-refractivity contribution is 9.10. The van der Waals surface area contributed by atoms with Gasteiger partial charge >= 0.3 is 0 Å². The Morgan fingerprint density at radius 3 is 2.78 bits per heavy atom. The summed E-state index contributed by atoms with van der Waals surface area (Å²) >= 11 is 3.30. The molecule has 2 N–H and O–H groups in total. The lowest BCUT2D eigenvalue weighted by Crippen LogP contribution is -2.14. The second-order valence-electron chi connectivity index (χ2n) is 3.79. The quantitative estimate of drug-likeness (QED) is 0.896. The molecule has 0 saturated carbocycles. The van der Waals surface area contributed by atoms with Crippen LogP contribution >= 0.6 is 15.9 Å². The summed E-state index contributed by atoms with van der Waals surface area (Å²) in [5.41, 5.74) is 1.06. The zero-order valence-corrected chi connectivity index (χ0v) is 11.2. The predicted octanol–water partition coefficient (Wildman–Crippen LogP) is 3.11. The van der Waals surface area contributed by atoms with Crippen LogP contribution in [-0.2, 0) is 0 Å². The normalized spacial score (nSPS) is 10.1. The van der Waals surface area contributed by atoms with Crippen LogP contribution in [0.3, 0.4) is 0 Å². The summed E-state index contributed by atoms with van der Waals surface area (Å²) in [6, 6.07) is 8.23. The number of halogens is 1. The maximum atomic E-state index is 11.9. The van der Waals surface area contributed by atoms with Gasteiger partial charge in [-0.2, -0.15) is 0 Å². The van der Waals surface area contributed by atoms with Crippen LogP contribution in [0.15, 0.2) is 41.0 Å². The van der Waals surface area contributed by atoms with E-state index in [1.807, 2.05) is 13.0 Å². The third-order valence-corrected chi connectivity index (χ3v) is 2.86. The van der Waals surface area contributed by atoms with Gasteiger partial charge in [0.15, 0.2) is 0 Å². The van der Waals surface area contributed by atoms with Crippen LogP contribution in [0.4, 0.5) is 5.82 Å². The number of nitrogens with zero attached hydrogens (tertiary/aromatic N) is 1. The van der Waals surface area contributed by atoms with E-state index >= 15 is 0 Å².